The molecular weight excluding hydrogens is 154 g/mol. The maximum absolute atomic E-state index is 9.31. The van der Waals surface area contributed by atoms with E-state index in [4.69, 9.17) is 16.7 Å². The Morgan fingerprint density at radius 1 is 1.50 bits per heavy atom. The van der Waals surface area contributed by atoms with Crippen molar-refractivity contribution in [1.82, 2.24) is 5.32 Å². The van der Waals surface area contributed by atoms with Gasteiger partial charge >= 0.3 is 0 Å². The lowest BCUT2D eigenvalue weighted by molar-refractivity contribution is 0.0478. The minimum atomic E-state index is -0.562. The van der Waals surface area contributed by atoms with Gasteiger partial charge in [0.25, 0.3) is 0 Å². The highest BCUT2D eigenvalue weighted by molar-refractivity contribution is 6.21. The predicted molar refractivity (Wildman–Crippen MR) is 39.1 cm³/mol. The maximum Gasteiger partial charge on any atom is 0.0778 e. The Hall–Kier alpha value is 0.170. The second-order valence-electron chi connectivity index (χ2n) is 2.61. The molecule has 3 atom stereocenters. The fraction of sp³-hybridized carbons (Fsp3) is 1.00. The zero-order valence-electron chi connectivity index (χ0n) is 5.63. The first-order valence-electron chi connectivity index (χ1n) is 3.39. The molecule has 0 aromatic rings. The molecule has 1 aliphatic heterocycles. The second kappa shape index (κ2) is 3.53. The number of alkyl halides is 1. The molecule has 0 spiro atoms. The summed E-state index contributed by atoms with van der Waals surface area (Å²) in [5.74, 6) is -0.101. The molecule has 0 amide bonds. The van der Waals surface area contributed by atoms with Gasteiger partial charge in [0.1, 0.15) is 0 Å². The quantitative estimate of drug-likeness (QED) is 0.445. The van der Waals surface area contributed by atoms with Crippen LogP contribution in [0.15, 0.2) is 0 Å². The van der Waals surface area contributed by atoms with E-state index in [2.05, 4.69) is 5.32 Å². The molecule has 1 fully saturated rings. The molecule has 0 bridgehead atoms. The Balaban J connectivity index is 2.42. The van der Waals surface area contributed by atoms with E-state index < -0.39 is 6.10 Å². The van der Waals surface area contributed by atoms with Crippen molar-refractivity contribution in [3.8, 4) is 0 Å². The molecular formula is C6H12ClNO2. The Labute approximate surface area is 65.0 Å². The van der Waals surface area contributed by atoms with Crippen LogP contribution >= 0.6 is 11.6 Å². The van der Waals surface area contributed by atoms with Crippen molar-refractivity contribution in [3.63, 3.8) is 0 Å². The summed E-state index contributed by atoms with van der Waals surface area (Å²) in [5, 5.41) is 20.8. The molecule has 1 rings (SSSR count). The Morgan fingerprint density at radius 2 is 2.20 bits per heavy atom. The highest BCUT2D eigenvalue weighted by atomic mass is 35.5. The molecule has 4 heteroatoms. The van der Waals surface area contributed by atoms with Crippen molar-refractivity contribution < 1.29 is 10.2 Å². The van der Waals surface area contributed by atoms with Gasteiger partial charge < -0.3 is 15.5 Å². The van der Waals surface area contributed by atoms with E-state index in [9.17, 15) is 5.11 Å². The number of aliphatic hydroxyl groups is 2. The standard InChI is InChI=1S/C6H12ClNO2/c7-5-2-8-1-4(3-9)6(5)10/h4-6,8-10H,1-3H2. The van der Waals surface area contributed by atoms with Gasteiger partial charge in [-0.3, -0.25) is 0 Å². The highest BCUT2D eigenvalue weighted by Crippen LogP contribution is 2.15. The highest BCUT2D eigenvalue weighted by Gasteiger charge is 2.29. The summed E-state index contributed by atoms with van der Waals surface area (Å²) in [6, 6.07) is 0. The summed E-state index contributed by atoms with van der Waals surface area (Å²) >= 11 is 5.72. The average molecular weight is 166 g/mol. The molecule has 0 aliphatic carbocycles. The Bertz CT molecular complexity index is 112. The van der Waals surface area contributed by atoms with Crippen LogP contribution in [0.4, 0.5) is 0 Å². The number of piperidine rings is 1. The summed E-state index contributed by atoms with van der Waals surface area (Å²) in [5.41, 5.74) is 0. The monoisotopic (exact) mass is 165 g/mol. The molecule has 1 saturated heterocycles. The number of hydrogen-bond donors (Lipinski definition) is 3. The van der Waals surface area contributed by atoms with Crippen LogP contribution in [0, 0.1) is 5.92 Å². The van der Waals surface area contributed by atoms with Crippen LogP contribution in [0.2, 0.25) is 0 Å². The summed E-state index contributed by atoms with van der Waals surface area (Å²) in [4.78, 5) is 0. The van der Waals surface area contributed by atoms with Gasteiger partial charge in [-0.1, -0.05) is 0 Å². The first-order chi connectivity index (χ1) is 4.75. The number of aliphatic hydroxyl groups excluding tert-OH is 2. The van der Waals surface area contributed by atoms with Gasteiger partial charge in [0.2, 0.25) is 0 Å². The third kappa shape index (κ3) is 1.61. The van der Waals surface area contributed by atoms with Crippen LogP contribution in [0.1, 0.15) is 0 Å². The van der Waals surface area contributed by atoms with Crippen LogP contribution in [0.25, 0.3) is 0 Å². The Morgan fingerprint density at radius 3 is 2.70 bits per heavy atom. The van der Waals surface area contributed by atoms with Gasteiger partial charge in [-0.2, -0.15) is 0 Å². The summed E-state index contributed by atoms with van der Waals surface area (Å²) < 4.78 is 0. The van der Waals surface area contributed by atoms with Crippen LogP contribution in [0.3, 0.4) is 0 Å². The topological polar surface area (TPSA) is 52.5 Å². The van der Waals surface area contributed by atoms with Crippen molar-refractivity contribution in [2.75, 3.05) is 19.7 Å². The minimum absolute atomic E-state index is 0.00259. The normalized spacial score (nSPS) is 41.7. The lowest BCUT2D eigenvalue weighted by Crippen LogP contribution is -2.49. The number of rotatable bonds is 1. The van der Waals surface area contributed by atoms with Crippen molar-refractivity contribution in [3.05, 3.63) is 0 Å². The molecule has 0 saturated carbocycles. The van der Waals surface area contributed by atoms with E-state index in [1.54, 1.807) is 0 Å². The van der Waals surface area contributed by atoms with Crippen LogP contribution in [-0.4, -0.2) is 41.4 Å². The third-order valence-corrected chi connectivity index (χ3v) is 2.25. The molecule has 0 aromatic heterocycles. The summed E-state index contributed by atoms with van der Waals surface area (Å²) in [6.07, 6.45) is -0.562. The molecule has 10 heavy (non-hydrogen) atoms. The smallest absolute Gasteiger partial charge is 0.0778 e. The van der Waals surface area contributed by atoms with Crippen molar-refractivity contribution in [2.24, 2.45) is 5.92 Å². The van der Waals surface area contributed by atoms with E-state index in [0.717, 1.165) is 0 Å². The lowest BCUT2D eigenvalue weighted by atomic mass is 9.97. The number of halogens is 1. The molecule has 0 radical (unpaired) electrons. The predicted octanol–water partition coefficient (Wildman–Crippen LogP) is -0.834. The summed E-state index contributed by atoms with van der Waals surface area (Å²) in [7, 11) is 0. The van der Waals surface area contributed by atoms with Crippen LogP contribution in [0.5, 0.6) is 0 Å². The van der Waals surface area contributed by atoms with Gasteiger partial charge in [-0.25, -0.2) is 0 Å². The van der Waals surface area contributed by atoms with Crippen LogP contribution in [-0.2, 0) is 0 Å². The molecule has 3 nitrogen and oxygen atoms in total. The zero-order chi connectivity index (χ0) is 7.56. The molecule has 60 valence electrons. The first-order valence-corrected chi connectivity index (χ1v) is 3.83. The fourth-order valence-electron chi connectivity index (χ4n) is 1.12. The Kier molecular flexibility index (Phi) is 2.92. The maximum atomic E-state index is 9.31. The van der Waals surface area contributed by atoms with Gasteiger partial charge in [0.15, 0.2) is 0 Å². The molecule has 3 N–H and O–H groups in total. The van der Waals surface area contributed by atoms with E-state index in [1.807, 2.05) is 0 Å². The molecule has 3 unspecified atom stereocenters. The molecule has 0 aromatic carbocycles. The van der Waals surface area contributed by atoms with Gasteiger partial charge in [-0.05, 0) is 0 Å². The van der Waals surface area contributed by atoms with Gasteiger partial charge in [0, 0.05) is 25.6 Å². The largest absolute Gasteiger partial charge is 0.396 e. The minimum Gasteiger partial charge on any atom is -0.396 e. The number of hydrogen-bond acceptors (Lipinski definition) is 3. The molecule has 1 aliphatic rings. The molecule has 1 heterocycles. The third-order valence-electron chi connectivity index (χ3n) is 1.83. The van der Waals surface area contributed by atoms with E-state index in [0.29, 0.717) is 13.1 Å². The lowest BCUT2D eigenvalue weighted by Gasteiger charge is -2.30. The van der Waals surface area contributed by atoms with E-state index >= 15 is 0 Å². The number of nitrogens with one attached hydrogen (secondary N) is 1. The fourth-order valence-corrected chi connectivity index (χ4v) is 1.43. The van der Waals surface area contributed by atoms with Gasteiger partial charge in [-0.15, -0.1) is 11.6 Å². The summed E-state index contributed by atoms with van der Waals surface area (Å²) in [6.45, 7) is 1.28. The first kappa shape index (κ1) is 8.27. The average Bonchev–Trinajstić information content (AvgIpc) is 1.95. The zero-order valence-corrected chi connectivity index (χ0v) is 6.38. The van der Waals surface area contributed by atoms with Crippen LogP contribution < -0.4 is 5.32 Å². The van der Waals surface area contributed by atoms with Crippen molar-refractivity contribution in [2.45, 2.75) is 11.5 Å². The van der Waals surface area contributed by atoms with E-state index in [-0.39, 0.29) is 17.9 Å². The van der Waals surface area contributed by atoms with Crippen molar-refractivity contribution >= 4 is 11.6 Å². The van der Waals surface area contributed by atoms with E-state index in [1.165, 1.54) is 0 Å². The second-order valence-corrected chi connectivity index (χ2v) is 3.17. The van der Waals surface area contributed by atoms with Gasteiger partial charge in [0.05, 0.1) is 11.5 Å². The SMILES string of the molecule is OCC1CNCC(Cl)C1O. The van der Waals surface area contributed by atoms with Crippen molar-refractivity contribution in [1.29, 1.82) is 0 Å².